The molecule has 0 saturated carbocycles. The smallest absolute Gasteiger partial charge is 0.326 e. The van der Waals surface area contributed by atoms with Crippen molar-refractivity contribution in [3.8, 4) is 0 Å². The highest BCUT2D eigenvalue weighted by atomic mass is 19.1. The number of nitrogens with zero attached hydrogens (tertiary/aromatic N) is 2. The lowest BCUT2D eigenvalue weighted by atomic mass is 9.76. The minimum absolute atomic E-state index is 0.00735. The molecular formula is C20H25FN2O4. The van der Waals surface area contributed by atoms with Gasteiger partial charge in [-0.1, -0.05) is 12.1 Å². The zero-order valence-electron chi connectivity index (χ0n) is 15.7. The van der Waals surface area contributed by atoms with Gasteiger partial charge >= 0.3 is 5.97 Å². The molecule has 6 nitrogen and oxygen atoms in total. The van der Waals surface area contributed by atoms with Crippen molar-refractivity contribution in [3.63, 3.8) is 0 Å². The molecule has 27 heavy (non-hydrogen) atoms. The first kappa shape index (κ1) is 19.3. The molecule has 1 spiro atoms. The zero-order valence-corrected chi connectivity index (χ0v) is 15.7. The number of halogens is 1. The molecular weight excluding hydrogens is 351 g/mol. The van der Waals surface area contributed by atoms with Crippen LogP contribution in [0.4, 0.5) is 4.39 Å². The number of carboxylic acid groups (broad SMARTS) is 1. The molecule has 0 bridgehead atoms. The van der Waals surface area contributed by atoms with Gasteiger partial charge in [-0.15, -0.1) is 0 Å². The number of carbonyl (C=O) groups is 3. The average molecular weight is 376 g/mol. The second kappa shape index (κ2) is 7.29. The Hall–Kier alpha value is -2.44. The number of hydrogen-bond donors (Lipinski definition) is 1. The summed E-state index contributed by atoms with van der Waals surface area (Å²) in [5.74, 6) is -1.47. The van der Waals surface area contributed by atoms with Gasteiger partial charge in [0.2, 0.25) is 11.8 Å². The van der Waals surface area contributed by atoms with E-state index in [1.807, 2.05) is 0 Å². The van der Waals surface area contributed by atoms with Crippen molar-refractivity contribution in [2.24, 2.45) is 5.41 Å². The number of aliphatic carboxylic acids is 1. The first-order chi connectivity index (χ1) is 12.7. The van der Waals surface area contributed by atoms with Crippen LogP contribution in [0.1, 0.15) is 37.3 Å². The number of amides is 2. The van der Waals surface area contributed by atoms with Crippen LogP contribution in [0.25, 0.3) is 0 Å². The average Bonchev–Trinajstić information content (AvgIpc) is 2.99. The summed E-state index contributed by atoms with van der Waals surface area (Å²) in [6, 6.07) is 3.93. The Kier molecular flexibility index (Phi) is 5.22. The third-order valence-corrected chi connectivity index (χ3v) is 5.95. The van der Waals surface area contributed by atoms with E-state index >= 15 is 0 Å². The van der Waals surface area contributed by atoms with Gasteiger partial charge < -0.3 is 14.9 Å². The summed E-state index contributed by atoms with van der Waals surface area (Å²) in [5, 5.41) is 9.41. The van der Waals surface area contributed by atoms with Crippen LogP contribution in [0.2, 0.25) is 0 Å². The van der Waals surface area contributed by atoms with Gasteiger partial charge in [-0.25, -0.2) is 9.18 Å². The normalized spacial score (nSPS) is 21.5. The molecule has 1 unspecified atom stereocenters. The molecule has 0 radical (unpaired) electrons. The number of likely N-dealkylation sites (tertiary alicyclic amines) is 2. The maximum absolute atomic E-state index is 13.4. The Morgan fingerprint density at radius 2 is 1.93 bits per heavy atom. The number of hydrogen-bond acceptors (Lipinski definition) is 3. The van der Waals surface area contributed by atoms with Crippen LogP contribution in [-0.4, -0.2) is 58.4 Å². The minimum Gasteiger partial charge on any atom is -0.480 e. The van der Waals surface area contributed by atoms with Crippen molar-refractivity contribution in [1.82, 2.24) is 9.80 Å². The highest BCUT2D eigenvalue weighted by molar-refractivity contribution is 5.83. The predicted octanol–water partition coefficient (Wildman–Crippen LogP) is 1.99. The monoisotopic (exact) mass is 376 g/mol. The molecule has 2 heterocycles. The van der Waals surface area contributed by atoms with Crippen molar-refractivity contribution in [3.05, 3.63) is 35.1 Å². The summed E-state index contributed by atoms with van der Waals surface area (Å²) in [6.07, 6.45) is 2.05. The molecule has 0 aromatic heterocycles. The molecule has 2 saturated heterocycles. The van der Waals surface area contributed by atoms with Gasteiger partial charge in [-0.05, 0) is 48.8 Å². The van der Waals surface area contributed by atoms with E-state index in [0.29, 0.717) is 44.5 Å². The number of carbonyl (C=O) groups excluding carboxylic acids is 2. The summed E-state index contributed by atoms with van der Waals surface area (Å²) in [6.45, 7) is 4.62. The fraction of sp³-hybridized carbons (Fsp3) is 0.550. The van der Waals surface area contributed by atoms with E-state index in [1.165, 1.54) is 17.9 Å². The topological polar surface area (TPSA) is 77.9 Å². The van der Waals surface area contributed by atoms with E-state index in [1.54, 1.807) is 24.0 Å². The van der Waals surface area contributed by atoms with Crippen LogP contribution in [0.5, 0.6) is 0 Å². The third kappa shape index (κ3) is 3.96. The van der Waals surface area contributed by atoms with Gasteiger partial charge in [0, 0.05) is 26.6 Å². The van der Waals surface area contributed by atoms with Gasteiger partial charge in [0.15, 0.2) is 0 Å². The van der Waals surface area contributed by atoms with E-state index in [2.05, 4.69) is 0 Å². The number of carboxylic acids is 1. The van der Waals surface area contributed by atoms with Crippen molar-refractivity contribution >= 4 is 17.8 Å². The Bertz CT molecular complexity index is 747. The molecule has 1 atom stereocenters. The highest BCUT2D eigenvalue weighted by Gasteiger charge is 2.49. The number of benzene rings is 1. The van der Waals surface area contributed by atoms with Gasteiger partial charge in [-0.2, -0.15) is 0 Å². The van der Waals surface area contributed by atoms with E-state index in [-0.39, 0.29) is 29.5 Å². The molecule has 3 rings (SSSR count). The number of rotatable bonds is 3. The van der Waals surface area contributed by atoms with Gasteiger partial charge in [0.05, 0.1) is 6.42 Å². The van der Waals surface area contributed by atoms with Crippen LogP contribution in [0, 0.1) is 18.2 Å². The summed E-state index contributed by atoms with van der Waals surface area (Å²) < 4.78 is 13.4. The van der Waals surface area contributed by atoms with Crippen molar-refractivity contribution in [1.29, 1.82) is 0 Å². The fourth-order valence-electron chi connectivity index (χ4n) is 4.30. The third-order valence-electron chi connectivity index (χ3n) is 5.95. The quantitative estimate of drug-likeness (QED) is 0.875. The Labute approximate surface area is 157 Å². The van der Waals surface area contributed by atoms with Crippen molar-refractivity contribution in [2.45, 2.75) is 45.6 Å². The summed E-state index contributed by atoms with van der Waals surface area (Å²) in [5.41, 5.74) is 1.08. The van der Waals surface area contributed by atoms with Crippen molar-refractivity contribution < 1.29 is 23.9 Å². The molecule has 2 amide bonds. The first-order valence-electron chi connectivity index (χ1n) is 9.24. The van der Waals surface area contributed by atoms with E-state index in [9.17, 15) is 23.9 Å². The first-order valence-corrected chi connectivity index (χ1v) is 9.24. The molecule has 2 fully saturated rings. The summed E-state index contributed by atoms with van der Waals surface area (Å²) >= 11 is 0. The SMILES string of the molecule is CC(=O)N1CC2(CCN(C(=O)Cc3ccc(F)c(C)c3)CC2)CC1C(=O)O. The lowest BCUT2D eigenvalue weighted by molar-refractivity contribution is -0.147. The maximum atomic E-state index is 13.4. The maximum Gasteiger partial charge on any atom is 0.326 e. The second-order valence-corrected chi connectivity index (χ2v) is 7.85. The molecule has 2 aliphatic heterocycles. The molecule has 7 heteroatoms. The molecule has 2 aliphatic rings. The zero-order chi connectivity index (χ0) is 19.8. The number of aryl methyl sites for hydroxylation is 1. The molecule has 1 N–H and O–H groups in total. The predicted molar refractivity (Wildman–Crippen MR) is 96.5 cm³/mol. The van der Waals surface area contributed by atoms with Crippen LogP contribution < -0.4 is 0 Å². The highest BCUT2D eigenvalue weighted by Crippen LogP contribution is 2.43. The van der Waals surface area contributed by atoms with Crippen LogP contribution in [0.15, 0.2) is 18.2 Å². The van der Waals surface area contributed by atoms with Crippen molar-refractivity contribution in [2.75, 3.05) is 19.6 Å². The minimum atomic E-state index is -0.965. The van der Waals surface area contributed by atoms with E-state index in [0.717, 1.165) is 5.56 Å². The fourth-order valence-corrected chi connectivity index (χ4v) is 4.30. The lowest BCUT2D eigenvalue weighted by Gasteiger charge is -2.39. The largest absolute Gasteiger partial charge is 0.480 e. The Morgan fingerprint density at radius 3 is 2.44 bits per heavy atom. The molecule has 146 valence electrons. The second-order valence-electron chi connectivity index (χ2n) is 7.85. The van der Waals surface area contributed by atoms with Gasteiger partial charge in [-0.3, -0.25) is 9.59 Å². The Balaban J connectivity index is 1.61. The summed E-state index contributed by atoms with van der Waals surface area (Å²) in [7, 11) is 0. The molecule has 0 aliphatic carbocycles. The van der Waals surface area contributed by atoms with Gasteiger partial charge in [0.1, 0.15) is 11.9 Å². The van der Waals surface area contributed by atoms with E-state index in [4.69, 9.17) is 0 Å². The standard InChI is InChI=1S/C20H25FN2O4/c1-13-9-15(3-4-16(13)21)10-18(25)22-7-5-20(6-8-22)11-17(19(26)27)23(12-20)14(2)24/h3-4,9,17H,5-8,10-12H2,1-2H3,(H,26,27). The van der Waals surface area contributed by atoms with E-state index < -0.39 is 12.0 Å². The number of piperidine rings is 1. The van der Waals surface area contributed by atoms with Gasteiger partial charge in [0.25, 0.3) is 0 Å². The van der Waals surface area contributed by atoms with Crippen LogP contribution >= 0.6 is 0 Å². The Morgan fingerprint density at radius 1 is 1.26 bits per heavy atom. The van der Waals surface area contributed by atoms with Crippen LogP contribution in [-0.2, 0) is 20.8 Å². The molecule has 1 aromatic carbocycles. The molecule has 1 aromatic rings. The lowest BCUT2D eigenvalue weighted by Crippen LogP contribution is -2.45. The van der Waals surface area contributed by atoms with Crippen LogP contribution in [0.3, 0.4) is 0 Å². The summed E-state index contributed by atoms with van der Waals surface area (Å²) in [4.78, 5) is 39.1.